The Morgan fingerprint density at radius 2 is 1.31 bits per heavy atom. The van der Waals surface area contributed by atoms with Crippen molar-refractivity contribution in [2.24, 2.45) is 0 Å². The number of nitrogens with zero attached hydrogens (tertiary/aromatic N) is 2. The minimum atomic E-state index is -0.198. The minimum absolute atomic E-state index is 0.0905. The van der Waals surface area contributed by atoms with Gasteiger partial charge >= 0.3 is 0 Å². The lowest BCUT2D eigenvalue weighted by molar-refractivity contribution is 0.0984. The molecule has 1 aliphatic heterocycles. The molecule has 0 spiro atoms. The first-order chi connectivity index (χ1) is 19.0. The molecule has 3 aromatic carbocycles. The summed E-state index contributed by atoms with van der Waals surface area (Å²) in [6, 6.07) is 25.5. The summed E-state index contributed by atoms with van der Waals surface area (Å²) in [6.45, 7) is 4.59. The maximum atomic E-state index is 12.8. The predicted octanol–water partition coefficient (Wildman–Crippen LogP) is 6.06. The number of nitrogens with one attached hydrogen (secondary N) is 1. The summed E-state index contributed by atoms with van der Waals surface area (Å²) < 4.78 is 2.00. The monoisotopic (exact) mass is 521 g/mol. The number of carbonyl (C=O) groups is 2. The molecule has 0 saturated carbocycles. The van der Waals surface area contributed by atoms with E-state index in [1.807, 2.05) is 95.8 Å². The van der Waals surface area contributed by atoms with Gasteiger partial charge in [-0.05, 0) is 85.5 Å². The number of aliphatic hydroxyl groups is 1. The molecule has 1 aromatic heterocycles. The maximum absolute atomic E-state index is 12.8. The highest BCUT2D eigenvalue weighted by atomic mass is 16.3. The van der Waals surface area contributed by atoms with Crippen molar-refractivity contribution in [3.05, 3.63) is 114 Å². The zero-order valence-corrected chi connectivity index (χ0v) is 22.3. The third-order valence-corrected chi connectivity index (χ3v) is 7.38. The number of anilines is 3. The molecule has 0 amide bonds. The summed E-state index contributed by atoms with van der Waals surface area (Å²) in [5.74, 6) is 0.208. The normalized spacial score (nSPS) is 13.8. The van der Waals surface area contributed by atoms with Crippen molar-refractivity contribution >= 4 is 28.6 Å². The van der Waals surface area contributed by atoms with Gasteiger partial charge in [0.05, 0.1) is 6.10 Å². The van der Waals surface area contributed by atoms with E-state index in [-0.39, 0.29) is 17.7 Å². The summed E-state index contributed by atoms with van der Waals surface area (Å²) >= 11 is 0. The molecule has 39 heavy (non-hydrogen) atoms. The Balaban J connectivity index is 1.12. The highest BCUT2D eigenvalue weighted by molar-refractivity contribution is 5.98. The van der Waals surface area contributed by atoms with E-state index < -0.39 is 0 Å². The number of aromatic nitrogens is 1. The van der Waals surface area contributed by atoms with Gasteiger partial charge in [0.15, 0.2) is 11.6 Å². The lowest BCUT2D eigenvalue weighted by Crippen LogP contribution is -2.35. The second kappa shape index (κ2) is 12.1. The molecule has 2 N–H and O–H groups in total. The highest BCUT2D eigenvalue weighted by Gasteiger charge is 2.17. The molecule has 0 unspecified atom stereocenters. The van der Waals surface area contributed by atoms with Crippen LogP contribution in [0.5, 0.6) is 0 Å². The zero-order chi connectivity index (χ0) is 27.2. The van der Waals surface area contributed by atoms with Crippen molar-refractivity contribution in [1.82, 2.24) is 4.57 Å². The van der Waals surface area contributed by atoms with E-state index in [2.05, 4.69) is 17.1 Å². The summed E-state index contributed by atoms with van der Waals surface area (Å²) in [6.07, 6.45) is 5.93. The van der Waals surface area contributed by atoms with Crippen LogP contribution < -0.4 is 10.2 Å². The van der Waals surface area contributed by atoms with E-state index in [9.17, 15) is 14.7 Å². The van der Waals surface area contributed by atoms with Gasteiger partial charge in [-0.3, -0.25) is 9.59 Å². The molecule has 0 aliphatic carbocycles. The van der Waals surface area contributed by atoms with E-state index in [1.165, 1.54) is 0 Å². The Kier molecular flexibility index (Phi) is 8.23. The number of ketones is 2. The van der Waals surface area contributed by atoms with Crippen LogP contribution in [-0.4, -0.2) is 40.4 Å². The molecule has 200 valence electrons. The average molecular weight is 522 g/mol. The summed E-state index contributed by atoms with van der Waals surface area (Å²) in [5.41, 5.74) is 6.37. The molecular weight excluding hydrogens is 486 g/mol. The molecule has 1 saturated heterocycles. The Labute approximate surface area is 229 Å². The molecule has 4 aromatic rings. The number of hydrogen-bond donors (Lipinski definition) is 2. The van der Waals surface area contributed by atoms with E-state index in [0.717, 1.165) is 66.2 Å². The van der Waals surface area contributed by atoms with Gasteiger partial charge in [0.2, 0.25) is 0 Å². The van der Waals surface area contributed by atoms with Gasteiger partial charge in [-0.25, -0.2) is 0 Å². The smallest absolute Gasteiger partial charge is 0.168 e. The van der Waals surface area contributed by atoms with Crippen molar-refractivity contribution in [2.45, 2.75) is 45.3 Å². The standard InChI is InChI=1S/C33H35N3O3/c1-2-35-18-15-27(23-35)33(39)22-25-5-11-29(12-6-25)34-28-9-3-24(4-10-28)21-32(38)26-7-13-30(14-8-26)36-19-16-31(37)17-20-36/h3-15,18,23,31,34,37H,2,16-17,19-22H2,1H3. The number of Topliss-reactive ketones (excluding diaryl/α,β-unsaturated/α-hetero) is 2. The van der Waals surface area contributed by atoms with Gasteiger partial charge < -0.3 is 19.9 Å². The van der Waals surface area contributed by atoms with Crippen LogP contribution in [0.2, 0.25) is 0 Å². The fourth-order valence-corrected chi connectivity index (χ4v) is 4.94. The van der Waals surface area contributed by atoms with E-state index in [0.29, 0.717) is 18.4 Å². The van der Waals surface area contributed by atoms with Crippen molar-refractivity contribution in [3.63, 3.8) is 0 Å². The summed E-state index contributed by atoms with van der Waals surface area (Å²) in [7, 11) is 0. The molecule has 6 heteroatoms. The average Bonchev–Trinajstić information content (AvgIpc) is 3.45. The largest absolute Gasteiger partial charge is 0.393 e. The maximum Gasteiger partial charge on any atom is 0.168 e. The van der Waals surface area contributed by atoms with Crippen LogP contribution in [0.4, 0.5) is 17.1 Å². The van der Waals surface area contributed by atoms with Crippen molar-refractivity contribution in [1.29, 1.82) is 0 Å². The first-order valence-electron chi connectivity index (χ1n) is 13.7. The number of rotatable bonds is 10. The molecular formula is C33H35N3O3. The van der Waals surface area contributed by atoms with Crippen LogP contribution in [0.3, 0.4) is 0 Å². The van der Waals surface area contributed by atoms with Crippen LogP contribution in [0, 0.1) is 0 Å². The highest BCUT2D eigenvalue weighted by Crippen LogP contribution is 2.22. The molecule has 0 bridgehead atoms. The molecule has 2 heterocycles. The minimum Gasteiger partial charge on any atom is -0.393 e. The molecule has 1 fully saturated rings. The fourth-order valence-electron chi connectivity index (χ4n) is 4.94. The van der Waals surface area contributed by atoms with Crippen LogP contribution in [0.15, 0.2) is 91.3 Å². The van der Waals surface area contributed by atoms with Crippen LogP contribution in [-0.2, 0) is 19.4 Å². The number of benzene rings is 3. The number of hydrogen-bond acceptors (Lipinski definition) is 5. The van der Waals surface area contributed by atoms with Crippen LogP contribution in [0.1, 0.15) is 51.6 Å². The van der Waals surface area contributed by atoms with E-state index >= 15 is 0 Å². The number of aliphatic hydroxyl groups excluding tert-OH is 1. The second-order valence-electron chi connectivity index (χ2n) is 10.2. The Morgan fingerprint density at radius 1 is 0.769 bits per heavy atom. The molecule has 6 nitrogen and oxygen atoms in total. The Hall–Kier alpha value is -4.16. The predicted molar refractivity (Wildman–Crippen MR) is 156 cm³/mol. The fraction of sp³-hybridized carbons (Fsp3) is 0.273. The summed E-state index contributed by atoms with van der Waals surface area (Å²) in [4.78, 5) is 27.7. The number of aryl methyl sites for hydroxylation is 1. The van der Waals surface area contributed by atoms with Crippen molar-refractivity contribution in [3.8, 4) is 0 Å². The molecule has 0 radical (unpaired) electrons. The quantitative estimate of drug-likeness (QED) is 0.248. The molecule has 0 atom stereocenters. The lowest BCUT2D eigenvalue weighted by atomic mass is 10.0. The molecule has 5 rings (SSSR count). The van der Waals surface area contributed by atoms with Gasteiger partial charge in [-0.1, -0.05) is 24.3 Å². The van der Waals surface area contributed by atoms with Gasteiger partial charge in [0, 0.05) is 73.1 Å². The van der Waals surface area contributed by atoms with Crippen molar-refractivity contribution in [2.75, 3.05) is 23.3 Å². The Morgan fingerprint density at radius 3 is 1.82 bits per heavy atom. The van der Waals surface area contributed by atoms with E-state index in [4.69, 9.17) is 0 Å². The zero-order valence-electron chi connectivity index (χ0n) is 22.3. The third-order valence-electron chi connectivity index (χ3n) is 7.38. The second-order valence-corrected chi connectivity index (χ2v) is 10.2. The topological polar surface area (TPSA) is 74.6 Å². The molecule has 1 aliphatic rings. The number of carbonyl (C=O) groups excluding carboxylic acids is 2. The number of piperidine rings is 1. The lowest BCUT2D eigenvalue weighted by Gasteiger charge is -2.31. The van der Waals surface area contributed by atoms with Crippen LogP contribution in [0.25, 0.3) is 0 Å². The van der Waals surface area contributed by atoms with Gasteiger partial charge in [0.25, 0.3) is 0 Å². The van der Waals surface area contributed by atoms with Gasteiger partial charge in [0.1, 0.15) is 0 Å². The first-order valence-corrected chi connectivity index (χ1v) is 13.7. The van der Waals surface area contributed by atoms with E-state index in [1.54, 1.807) is 0 Å². The first kappa shape index (κ1) is 26.4. The van der Waals surface area contributed by atoms with Gasteiger partial charge in [-0.2, -0.15) is 0 Å². The Bertz CT molecular complexity index is 1400. The van der Waals surface area contributed by atoms with Crippen LogP contribution >= 0.6 is 0 Å². The van der Waals surface area contributed by atoms with Gasteiger partial charge in [-0.15, -0.1) is 0 Å². The SMILES string of the molecule is CCn1ccc(C(=O)Cc2ccc(Nc3ccc(CC(=O)c4ccc(N5CCC(O)CC5)cc4)cc3)cc2)c1. The third kappa shape index (κ3) is 6.84. The van der Waals surface area contributed by atoms with Crippen molar-refractivity contribution < 1.29 is 14.7 Å². The summed E-state index contributed by atoms with van der Waals surface area (Å²) in [5, 5.41) is 13.1.